The SMILES string of the molecule is CC(C)(C)NC(=O)C(=O)N/N=C/c1c(O)ccc2ccccc12. The molecular weight excluding hydrogens is 294 g/mol. The van der Waals surface area contributed by atoms with Gasteiger partial charge in [-0.2, -0.15) is 5.10 Å². The molecule has 0 aliphatic carbocycles. The summed E-state index contributed by atoms with van der Waals surface area (Å²) < 4.78 is 0. The fourth-order valence-corrected chi connectivity index (χ4v) is 2.02. The number of phenolic OH excluding ortho intramolecular Hbond substituents is 1. The minimum absolute atomic E-state index is 0.0424. The Kier molecular flexibility index (Phi) is 4.64. The van der Waals surface area contributed by atoms with Crippen LogP contribution in [0.3, 0.4) is 0 Å². The molecule has 0 saturated carbocycles. The van der Waals surface area contributed by atoms with E-state index in [0.717, 1.165) is 10.8 Å². The lowest BCUT2D eigenvalue weighted by molar-refractivity contribution is -0.140. The topological polar surface area (TPSA) is 90.8 Å². The molecular formula is C17H19N3O3. The third-order valence-electron chi connectivity index (χ3n) is 3.00. The molecule has 2 aromatic carbocycles. The van der Waals surface area contributed by atoms with Crippen molar-refractivity contribution in [3.63, 3.8) is 0 Å². The molecule has 3 N–H and O–H groups in total. The number of nitrogens with zero attached hydrogens (tertiary/aromatic N) is 1. The second-order valence-corrected chi connectivity index (χ2v) is 6.12. The number of aromatic hydroxyl groups is 1. The largest absolute Gasteiger partial charge is 0.507 e. The Morgan fingerprint density at radius 2 is 1.78 bits per heavy atom. The number of fused-ring (bicyclic) bond motifs is 1. The minimum Gasteiger partial charge on any atom is -0.507 e. The molecule has 0 aromatic heterocycles. The highest BCUT2D eigenvalue weighted by Crippen LogP contribution is 2.25. The first-order valence-electron chi connectivity index (χ1n) is 7.14. The third-order valence-corrected chi connectivity index (χ3v) is 3.00. The van der Waals surface area contributed by atoms with Crippen molar-refractivity contribution >= 4 is 28.8 Å². The van der Waals surface area contributed by atoms with Crippen molar-refractivity contribution in [1.29, 1.82) is 0 Å². The summed E-state index contributed by atoms with van der Waals surface area (Å²) >= 11 is 0. The number of benzene rings is 2. The van der Waals surface area contributed by atoms with Crippen LogP contribution < -0.4 is 10.7 Å². The first-order valence-corrected chi connectivity index (χ1v) is 7.14. The van der Waals surface area contributed by atoms with E-state index in [1.54, 1.807) is 32.9 Å². The van der Waals surface area contributed by atoms with Crippen molar-refractivity contribution in [1.82, 2.24) is 10.7 Å². The zero-order chi connectivity index (χ0) is 17.0. The second kappa shape index (κ2) is 6.48. The van der Waals surface area contributed by atoms with E-state index < -0.39 is 17.4 Å². The predicted octanol–water partition coefficient (Wildman–Crippen LogP) is 1.91. The van der Waals surface area contributed by atoms with Crippen LogP contribution in [0.5, 0.6) is 5.75 Å². The van der Waals surface area contributed by atoms with Crippen LogP contribution in [-0.4, -0.2) is 28.7 Å². The Labute approximate surface area is 134 Å². The number of phenols is 1. The maximum Gasteiger partial charge on any atom is 0.329 e. The molecule has 2 amide bonds. The number of hydrazone groups is 1. The minimum atomic E-state index is -0.865. The average Bonchev–Trinajstić information content (AvgIpc) is 2.47. The summed E-state index contributed by atoms with van der Waals surface area (Å²) in [5.41, 5.74) is 2.12. The van der Waals surface area contributed by atoms with E-state index in [2.05, 4.69) is 15.8 Å². The van der Waals surface area contributed by atoms with Crippen LogP contribution in [0.15, 0.2) is 41.5 Å². The van der Waals surface area contributed by atoms with Crippen molar-refractivity contribution in [2.24, 2.45) is 5.10 Å². The molecule has 23 heavy (non-hydrogen) atoms. The molecule has 0 fully saturated rings. The summed E-state index contributed by atoms with van der Waals surface area (Å²) in [6, 6.07) is 10.8. The number of hydrogen-bond acceptors (Lipinski definition) is 4. The van der Waals surface area contributed by atoms with Gasteiger partial charge in [0.2, 0.25) is 0 Å². The fraction of sp³-hybridized carbons (Fsp3) is 0.235. The molecule has 0 aliphatic heterocycles. The zero-order valence-electron chi connectivity index (χ0n) is 13.3. The highest BCUT2D eigenvalue weighted by molar-refractivity contribution is 6.35. The Hall–Kier alpha value is -2.89. The highest BCUT2D eigenvalue weighted by Gasteiger charge is 2.19. The Morgan fingerprint density at radius 1 is 1.09 bits per heavy atom. The van der Waals surface area contributed by atoms with Crippen molar-refractivity contribution in [2.75, 3.05) is 0 Å². The molecule has 0 heterocycles. The van der Waals surface area contributed by atoms with Crippen LogP contribution in [0.1, 0.15) is 26.3 Å². The van der Waals surface area contributed by atoms with Gasteiger partial charge in [0, 0.05) is 11.1 Å². The van der Waals surface area contributed by atoms with Gasteiger partial charge in [0.05, 0.1) is 6.21 Å². The van der Waals surface area contributed by atoms with Gasteiger partial charge in [0.25, 0.3) is 0 Å². The van der Waals surface area contributed by atoms with Crippen LogP contribution in [-0.2, 0) is 9.59 Å². The number of nitrogens with one attached hydrogen (secondary N) is 2. The van der Waals surface area contributed by atoms with E-state index in [1.807, 2.05) is 24.3 Å². The molecule has 0 saturated heterocycles. The number of hydrogen-bond donors (Lipinski definition) is 3. The maximum absolute atomic E-state index is 11.7. The van der Waals surface area contributed by atoms with Gasteiger partial charge in [-0.15, -0.1) is 0 Å². The summed E-state index contributed by atoms with van der Waals surface area (Å²) in [6.07, 6.45) is 1.32. The molecule has 2 rings (SSSR count). The fourth-order valence-electron chi connectivity index (χ4n) is 2.02. The van der Waals surface area contributed by atoms with Crippen molar-refractivity contribution in [2.45, 2.75) is 26.3 Å². The molecule has 120 valence electrons. The van der Waals surface area contributed by atoms with Crippen molar-refractivity contribution in [3.05, 3.63) is 42.0 Å². The van der Waals surface area contributed by atoms with Gasteiger partial charge >= 0.3 is 11.8 Å². The number of amides is 2. The molecule has 0 unspecified atom stereocenters. The molecule has 2 aromatic rings. The molecule has 6 nitrogen and oxygen atoms in total. The Morgan fingerprint density at radius 3 is 2.48 bits per heavy atom. The van der Waals surface area contributed by atoms with E-state index >= 15 is 0 Å². The number of carbonyl (C=O) groups excluding carboxylic acids is 2. The first kappa shape index (κ1) is 16.5. The summed E-state index contributed by atoms with van der Waals surface area (Å²) in [5, 5.41) is 18.0. The molecule has 0 spiro atoms. The molecule has 0 bridgehead atoms. The standard InChI is InChI=1S/C17H19N3O3/c1-17(2,3)19-15(22)16(23)20-18-10-13-12-7-5-4-6-11(12)8-9-14(13)21/h4-10,21H,1-3H3,(H,19,22)(H,20,23)/b18-10+. The Bertz CT molecular complexity index is 776. The van der Waals surface area contributed by atoms with Gasteiger partial charge in [-0.25, -0.2) is 5.43 Å². The lowest BCUT2D eigenvalue weighted by atomic mass is 10.0. The van der Waals surface area contributed by atoms with Crippen LogP contribution in [0.2, 0.25) is 0 Å². The van der Waals surface area contributed by atoms with E-state index in [1.165, 1.54) is 6.21 Å². The smallest absolute Gasteiger partial charge is 0.329 e. The lowest BCUT2D eigenvalue weighted by Gasteiger charge is -2.19. The van der Waals surface area contributed by atoms with E-state index in [-0.39, 0.29) is 5.75 Å². The maximum atomic E-state index is 11.7. The second-order valence-electron chi connectivity index (χ2n) is 6.12. The van der Waals surface area contributed by atoms with Crippen LogP contribution in [0, 0.1) is 0 Å². The molecule has 6 heteroatoms. The third kappa shape index (κ3) is 4.29. The van der Waals surface area contributed by atoms with E-state index in [4.69, 9.17) is 0 Å². The monoisotopic (exact) mass is 313 g/mol. The molecule has 0 atom stereocenters. The predicted molar refractivity (Wildman–Crippen MR) is 89.2 cm³/mol. The van der Waals surface area contributed by atoms with Crippen molar-refractivity contribution < 1.29 is 14.7 Å². The first-order chi connectivity index (χ1) is 10.8. The summed E-state index contributed by atoms with van der Waals surface area (Å²) in [6.45, 7) is 5.32. The number of carbonyl (C=O) groups is 2. The van der Waals surface area contributed by atoms with Gasteiger partial charge in [0.15, 0.2) is 0 Å². The number of rotatable bonds is 2. The van der Waals surface area contributed by atoms with E-state index in [9.17, 15) is 14.7 Å². The summed E-state index contributed by atoms with van der Waals surface area (Å²) in [4.78, 5) is 23.3. The van der Waals surface area contributed by atoms with Crippen LogP contribution >= 0.6 is 0 Å². The van der Waals surface area contributed by atoms with Gasteiger partial charge in [-0.3, -0.25) is 9.59 Å². The van der Waals surface area contributed by atoms with Crippen molar-refractivity contribution in [3.8, 4) is 5.75 Å². The van der Waals surface area contributed by atoms with Crippen LogP contribution in [0.4, 0.5) is 0 Å². The summed E-state index contributed by atoms with van der Waals surface area (Å²) in [5.74, 6) is -1.59. The molecule has 0 aliphatic rings. The van der Waals surface area contributed by atoms with Gasteiger partial charge < -0.3 is 10.4 Å². The summed E-state index contributed by atoms with van der Waals surface area (Å²) in [7, 11) is 0. The lowest BCUT2D eigenvalue weighted by Crippen LogP contribution is -2.47. The highest BCUT2D eigenvalue weighted by atomic mass is 16.3. The van der Waals surface area contributed by atoms with Gasteiger partial charge in [-0.05, 0) is 37.6 Å². The van der Waals surface area contributed by atoms with E-state index in [0.29, 0.717) is 5.56 Å². The quantitative estimate of drug-likeness (QED) is 0.449. The van der Waals surface area contributed by atoms with Crippen LogP contribution in [0.25, 0.3) is 10.8 Å². The average molecular weight is 313 g/mol. The normalized spacial score (nSPS) is 11.6. The van der Waals surface area contributed by atoms with Gasteiger partial charge in [-0.1, -0.05) is 30.3 Å². The van der Waals surface area contributed by atoms with Gasteiger partial charge in [0.1, 0.15) is 5.75 Å². The Balaban J connectivity index is 2.14. The zero-order valence-corrected chi connectivity index (χ0v) is 13.3. The molecule has 0 radical (unpaired) electrons.